The highest BCUT2D eigenvalue weighted by Gasteiger charge is 2.21. The van der Waals surface area contributed by atoms with Crippen molar-refractivity contribution < 1.29 is 47.6 Å². The Morgan fingerprint density at radius 3 is 1.36 bits per heavy atom. The van der Waals surface area contributed by atoms with Crippen molar-refractivity contribution in [2.75, 3.05) is 41.5 Å². The van der Waals surface area contributed by atoms with E-state index in [-0.39, 0.29) is 95.8 Å². The van der Waals surface area contributed by atoms with Crippen LogP contribution in [0.3, 0.4) is 0 Å². The summed E-state index contributed by atoms with van der Waals surface area (Å²) in [6.07, 6.45) is 1.15. The summed E-state index contributed by atoms with van der Waals surface area (Å²) in [6, 6.07) is 14.6. The maximum atomic E-state index is 12.8. The van der Waals surface area contributed by atoms with Crippen LogP contribution in [-0.2, 0) is 32.3 Å². The quantitative estimate of drug-likeness (QED) is 0.0768. The Kier molecular flexibility index (Phi) is 16.1. The molecular weight excluding hydrogens is 767 g/mol. The second-order valence-corrected chi connectivity index (χ2v) is 13.1. The number of methoxy groups -OCH3 is 4. The number of nitrogens with one attached hydrogen (secondary N) is 2. The van der Waals surface area contributed by atoms with Crippen molar-refractivity contribution >= 4 is 47.0 Å². The molecule has 56 heavy (non-hydrogen) atoms. The van der Waals surface area contributed by atoms with E-state index in [9.17, 15) is 19.2 Å². The monoisotopic (exact) mass is 810 g/mol. The van der Waals surface area contributed by atoms with Crippen molar-refractivity contribution in [2.45, 2.75) is 52.7 Å². The molecule has 2 N–H and O–H groups in total. The van der Waals surface area contributed by atoms with Crippen LogP contribution in [0.25, 0.3) is 11.1 Å². The van der Waals surface area contributed by atoms with E-state index in [4.69, 9.17) is 42.1 Å². The molecule has 298 valence electrons. The van der Waals surface area contributed by atoms with Crippen LogP contribution in [0.5, 0.6) is 23.5 Å². The van der Waals surface area contributed by atoms with Crippen LogP contribution >= 0.6 is 23.2 Å². The maximum Gasteiger partial charge on any atom is 0.305 e. The van der Waals surface area contributed by atoms with Gasteiger partial charge in [-0.3, -0.25) is 19.2 Å². The first-order valence-electron chi connectivity index (χ1n) is 17.5. The number of rotatable bonds is 19. The topological polar surface area (TPSA) is 173 Å². The second-order valence-electron chi connectivity index (χ2n) is 12.3. The van der Waals surface area contributed by atoms with Gasteiger partial charge < -0.3 is 39.1 Å². The van der Waals surface area contributed by atoms with Crippen molar-refractivity contribution in [3.63, 3.8) is 0 Å². The summed E-state index contributed by atoms with van der Waals surface area (Å²) in [4.78, 5) is 57.0. The molecule has 2 aromatic carbocycles. The summed E-state index contributed by atoms with van der Waals surface area (Å²) in [5.41, 5.74) is 5.89. The highest BCUT2D eigenvalue weighted by molar-refractivity contribution is 6.32. The molecule has 0 atom stereocenters. The Morgan fingerprint density at radius 1 is 0.607 bits per heavy atom. The lowest BCUT2D eigenvalue weighted by Crippen LogP contribution is -2.25. The average molecular weight is 812 g/mol. The van der Waals surface area contributed by atoms with Gasteiger partial charge in [0.2, 0.25) is 23.5 Å². The van der Waals surface area contributed by atoms with E-state index >= 15 is 0 Å². The molecule has 0 aliphatic rings. The van der Waals surface area contributed by atoms with Crippen molar-refractivity contribution in [3.8, 4) is 34.6 Å². The molecular formula is C40H44Cl2N4O10. The van der Waals surface area contributed by atoms with Gasteiger partial charge in [-0.25, -0.2) is 0 Å². The molecule has 16 heteroatoms. The van der Waals surface area contributed by atoms with Crippen LogP contribution in [-0.4, -0.2) is 75.2 Å². The molecule has 0 saturated heterocycles. The number of carbonyl (C=O) groups is 4. The molecule has 2 amide bonds. The maximum absolute atomic E-state index is 12.8. The van der Waals surface area contributed by atoms with Gasteiger partial charge in [0.1, 0.15) is 34.4 Å². The molecule has 4 rings (SSSR count). The lowest BCUT2D eigenvalue weighted by molar-refractivity contribution is -0.141. The summed E-state index contributed by atoms with van der Waals surface area (Å²) < 4.78 is 32.1. The normalized spacial score (nSPS) is 10.6. The summed E-state index contributed by atoms with van der Waals surface area (Å²) in [7, 11) is 5.40. The zero-order valence-electron chi connectivity index (χ0n) is 32.0. The van der Waals surface area contributed by atoms with Crippen molar-refractivity contribution in [1.29, 1.82) is 0 Å². The van der Waals surface area contributed by atoms with E-state index in [1.54, 1.807) is 0 Å². The minimum atomic E-state index is -0.456. The second kappa shape index (κ2) is 20.9. The Labute approximate surface area is 335 Å². The van der Waals surface area contributed by atoms with Gasteiger partial charge in [-0.1, -0.05) is 59.6 Å². The first-order chi connectivity index (χ1) is 26.9. The van der Waals surface area contributed by atoms with E-state index in [1.807, 2.05) is 50.2 Å². The lowest BCUT2D eigenvalue weighted by Gasteiger charge is -2.17. The highest BCUT2D eigenvalue weighted by Crippen LogP contribution is 2.34. The van der Waals surface area contributed by atoms with Gasteiger partial charge in [-0.2, -0.15) is 9.97 Å². The zero-order chi connectivity index (χ0) is 40.8. The number of aromatic nitrogens is 2. The third-order valence-corrected chi connectivity index (χ3v) is 9.29. The molecule has 2 aromatic heterocycles. The van der Waals surface area contributed by atoms with E-state index in [2.05, 4.69) is 30.1 Å². The third kappa shape index (κ3) is 11.2. The van der Waals surface area contributed by atoms with Crippen LogP contribution in [0.1, 0.15) is 68.7 Å². The van der Waals surface area contributed by atoms with Gasteiger partial charge in [0, 0.05) is 25.9 Å². The number of pyridine rings is 2. The molecule has 0 bridgehead atoms. The fraction of sp³-hybridized carbons (Fsp3) is 0.350. The Hall–Kier alpha value is -5.60. The number of hydrogen-bond donors (Lipinski definition) is 2. The molecule has 0 aliphatic carbocycles. The summed E-state index contributed by atoms with van der Waals surface area (Å²) in [6.45, 7) is 4.74. The van der Waals surface area contributed by atoms with Gasteiger partial charge in [-0.15, -0.1) is 0 Å². The predicted octanol–water partition coefficient (Wildman–Crippen LogP) is 6.61. The fourth-order valence-corrected chi connectivity index (χ4v) is 5.98. The summed E-state index contributed by atoms with van der Waals surface area (Å²) in [5, 5.41) is 5.70. The molecule has 14 nitrogen and oxygen atoms in total. The Morgan fingerprint density at radius 2 is 1.00 bits per heavy atom. The minimum absolute atomic E-state index is 0.0375. The number of benzene rings is 2. The molecule has 0 aliphatic heterocycles. The number of halogens is 2. The first-order valence-corrected chi connectivity index (χ1v) is 18.3. The van der Waals surface area contributed by atoms with Gasteiger partial charge in [-0.05, 0) is 72.2 Å². The SMILES string of the molecule is COC(=O)CCCNC(=O)c1cc(Cl)c(OCc2cccc(-c3cccc(COc4nc(OC)c(C(=O)NCCCC(=O)OC)cc4Cl)c3C)c2C)nc1OC. The number of esters is 2. The Balaban J connectivity index is 1.45. The van der Waals surface area contributed by atoms with Crippen LogP contribution < -0.4 is 29.6 Å². The van der Waals surface area contributed by atoms with Crippen LogP contribution in [0.15, 0.2) is 48.5 Å². The van der Waals surface area contributed by atoms with Gasteiger partial charge in [0.05, 0.1) is 28.4 Å². The number of ether oxygens (including phenoxy) is 6. The predicted molar refractivity (Wildman–Crippen MR) is 209 cm³/mol. The van der Waals surface area contributed by atoms with Gasteiger partial charge in [0.15, 0.2) is 0 Å². The smallest absolute Gasteiger partial charge is 0.305 e. The van der Waals surface area contributed by atoms with Gasteiger partial charge >= 0.3 is 11.9 Å². The van der Waals surface area contributed by atoms with Crippen LogP contribution in [0.2, 0.25) is 10.0 Å². The number of amides is 2. The van der Waals surface area contributed by atoms with Crippen molar-refractivity contribution in [3.05, 3.63) is 92.0 Å². The Bertz CT molecular complexity index is 1920. The van der Waals surface area contributed by atoms with E-state index in [0.29, 0.717) is 12.8 Å². The van der Waals surface area contributed by atoms with E-state index in [1.165, 1.54) is 40.6 Å². The first kappa shape index (κ1) is 43.1. The standard InChI is InChI=1S/C40H44Cl2N4O10/c1-23-25(21-55-39-31(41)19-29(37(45-39)53-5)35(49)43-17-9-15-33(47)51-3)11-7-13-27(23)28-14-8-12-26(24(28)2)22-56-40-32(42)20-30(38(46-40)54-6)36(50)44-18-10-16-34(48)52-4/h7-8,11-14,19-20H,9-10,15-18,21-22H2,1-6H3,(H,43,49)(H,44,50). The molecule has 0 spiro atoms. The lowest BCUT2D eigenvalue weighted by atomic mass is 9.92. The molecule has 0 unspecified atom stereocenters. The minimum Gasteiger partial charge on any atom is -0.480 e. The molecule has 2 heterocycles. The van der Waals surface area contributed by atoms with Crippen molar-refractivity contribution in [2.24, 2.45) is 0 Å². The molecule has 4 aromatic rings. The molecule has 0 fully saturated rings. The van der Waals surface area contributed by atoms with E-state index < -0.39 is 11.8 Å². The highest BCUT2D eigenvalue weighted by atomic mass is 35.5. The fourth-order valence-electron chi connectivity index (χ4n) is 5.57. The van der Waals surface area contributed by atoms with Crippen LogP contribution in [0.4, 0.5) is 0 Å². The van der Waals surface area contributed by atoms with Crippen LogP contribution in [0, 0.1) is 13.8 Å². The number of nitrogens with zero attached hydrogens (tertiary/aromatic N) is 2. The van der Waals surface area contributed by atoms with E-state index in [0.717, 1.165) is 33.4 Å². The molecule has 0 radical (unpaired) electrons. The summed E-state index contributed by atoms with van der Waals surface area (Å²) >= 11 is 13.0. The number of carbonyl (C=O) groups excluding carboxylic acids is 4. The largest absolute Gasteiger partial charge is 0.480 e. The number of hydrogen-bond acceptors (Lipinski definition) is 12. The zero-order valence-corrected chi connectivity index (χ0v) is 33.5. The van der Waals surface area contributed by atoms with Gasteiger partial charge in [0.25, 0.3) is 11.8 Å². The van der Waals surface area contributed by atoms with Crippen molar-refractivity contribution in [1.82, 2.24) is 20.6 Å². The third-order valence-electron chi connectivity index (χ3n) is 8.75. The molecule has 0 saturated carbocycles. The summed E-state index contributed by atoms with van der Waals surface area (Å²) in [5.74, 6) is -1.37. The average Bonchev–Trinajstić information content (AvgIpc) is 3.20.